The molecule has 1 aliphatic rings. The van der Waals surface area contributed by atoms with Crippen molar-refractivity contribution in [3.05, 3.63) is 69.7 Å². The molecule has 0 spiro atoms. The molecule has 1 heterocycles. The number of carbonyl (C=O) groups is 1. The van der Waals surface area contributed by atoms with Gasteiger partial charge in [0.25, 0.3) is 0 Å². The first kappa shape index (κ1) is 16.5. The quantitative estimate of drug-likeness (QED) is 0.693. The minimum atomic E-state index is -0.197. The highest BCUT2D eigenvalue weighted by Crippen LogP contribution is 2.28. The Balaban J connectivity index is 1.85. The van der Waals surface area contributed by atoms with Gasteiger partial charge in [-0.3, -0.25) is 4.79 Å². The summed E-state index contributed by atoms with van der Waals surface area (Å²) >= 11 is 12.0. The van der Waals surface area contributed by atoms with Crippen molar-refractivity contribution < 1.29 is 9.53 Å². The molecule has 0 saturated carbocycles. The Morgan fingerprint density at radius 1 is 1.13 bits per heavy atom. The van der Waals surface area contributed by atoms with Gasteiger partial charge in [-0.25, -0.2) is 0 Å². The minimum Gasteiger partial charge on any atom is -0.377 e. The molecule has 3 rings (SSSR count). The second kappa shape index (κ2) is 7.48. The lowest BCUT2D eigenvalue weighted by atomic mass is 9.86. The van der Waals surface area contributed by atoms with E-state index in [-0.39, 0.29) is 17.8 Å². The van der Waals surface area contributed by atoms with Gasteiger partial charge in [0, 0.05) is 22.2 Å². The molecule has 120 valence electrons. The van der Waals surface area contributed by atoms with Gasteiger partial charge < -0.3 is 4.74 Å². The fraction of sp³-hybridized carbons (Fsp3) is 0.316. The predicted molar refractivity (Wildman–Crippen MR) is 93.4 cm³/mol. The number of halogens is 2. The van der Waals surface area contributed by atoms with E-state index >= 15 is 0 Å². The lowest BCUT2D eigenvalue weighted by Gasteiger charge is -2.22. The van der Waals surface area contributed by atoms with Gasteiger partial charge >= 0.3 is 0 Å². The maximum atomic E-state index is 13.0. The topological polar surface area (TPSA) is 26.3 Å². The summed E-state index contributed by atoms with van der Waals surface area (Å²) in [5.74, 6) is -0.105. The van der Waals surface area contributed by atoms with Gasteiger partial charge in [-0.15, -0.1) is 0 Å². The van der Waals surface area contributed by atoms with Gasteiger partial charge in [-0.2, -0.15) is 0 Å². The Morgan fingerprint density at radius 2 is 1.91 bits per heavy atom. The molecule has 2 aromatic rings. The molecule has 1 saturated heterocycles. The van der Waals surface area contributed by atoms with E-state index in [9.17, 15) is 4.79 Å². The molecule has 2 aromatic carbocycles. The Hall–Kier alpha value is -1.35. The third kappa shape index (κ3) is 4.14. The van der Waals surface area contributed by atoms with Gasteiger partial charge in [-0.1, -0.05) is 47.5 Å². The van der Waals surface area contributed by atoms with Crippen molar-refractivity contribution in [2.75, 3.05) is 6.61 Å². The van der Waals surface area contributed by atoms with Crippen LogP contribution in [0.1, 0.15) is 28.8 Å². The fourth-order valence-corrected chi connectivity index (χ4v) is 3.36. The van der Waals surface area contributed by atoms with Gasteiger partial charge in [0.1, 0.15) is 0 Å². The molecule has 0 amide bonds. The standard InChI is InChI=1S/C19H18Cl2O2/c20-15-8-6-13(7-9-15)11-17(18-5-2-10-23-18)19(22)14-3-1-4-16(21)12-14/h1,3-4,6-9,12,17-18H,2,5,10-11H2/t17-,18-/m0/s1. The van der Waals surface area contributed by atoms with Gasteiger partial charge in [0.2, 0.25) is 0 Å². The zero-order valence-electron chi connectivity index (χ0n) is 12.7. The smallest absolute Gasteiger partial charge is 0.168 e. The maximum Gasteiger partial charge on any atom is 0.168 e. The SMILES string of the molecule is O=C(c1cccc(Cl)c1)[C@@H](Cc1ccc(Cl)cc1)[C@@H]1CCCO1. The van der Waals surface area contributed by atoms with Gasteiger partial charge in [0.05, 0.1) is 12.0 Å². The predicted octanol–water partition coefficient (Wildman–Crippen LogP) is 5.21. The summed E-state index contributed by atoms with van der Waals surface area (Å²) in [5.41, 5.74) is 1.73. The van der Waals surface area contributed by atoms with Crippen LogP contribution in [-0.4, -0.2) is 18.5 Å². The van der Waals surface area contributed by atoms with Crippen molar-refractivity contribution in [1.82, 2.24) is 0 Å². The van der Waals surface area contributed by atoms with E-state index in [4.69, 9.17) is 27.9 Å². The Bertz CT molecular complexity index is 676. The van der Waals surface area contributed by atoms with Crippen molar-refractivity contribution in [3.63, 3.8) is 0 Å². The molecule has 0 aromatic heterocycles. The summed E-state index contributed by atoms with van der Waals surface area (Å²) < 4.78 is 5.80. The Labute approximate surface area is 146 Å². The summed E-state index contributed by atoms with van der Waals surface area (Å²) in [6.07, 6.45) is 2.54. The van der Waals surface area contributed by atoms with E-state index in [2.05, 4.69) is 0 Å². The second-order valence-corrected chi connectivity index (χ2v) is 6.74. The molecule has 1 fully saturated rings. The Morgan fingerprint density at radius 3 is 2.57 bits per heavy atom. The van der Waals surface area contributed by atoms with Crippen LogP contribution in [0.4, 0.5) is 0 Å². The van der Waals surface area contributed by atoms with Crippen LogP contribution in [0.25, 0.3) is 0 Å². The highest BCUT2D eigenvalue weighted by molar-refractivity contribution is 6.31. The molecule has 4 heteroatoms. The van der Waals surface area contributed by atoms with Crippen LogP contribution in [0.5, 0.6) is 0 Å². The van der Waals surface area contributed by atoms with Crippen molar-refractivity contribution >= 4 is 29.0 Å². The third-order valence-electron chi connectivity index (χ3n) is 4.23. The third-order valence-corrected chi connectivity index (χ3v) is 4.72. The van der Waals surface area contributed by atoms with Crippen LogP contribution < -0.4 is 0 Å². The van der Waals surface area contributed by atoms with Crippen LogP contribution >= 0.6 is 23.2 Å². The first-order chi connectivity index (χ1) is 11.1. The minimum absolute atomic E-state index is 0.0304. The first-order valence-corrected chi connectivity index (χ1v) is 8.55. The number of hydrogen-bond acceptors (Lipinski definition) is 2. The number of rotatable bonds is 5. The molecule has 0 radical (unpaired) electrons. The molecule has 23 heavy (non-hydrogen) atoms. The highest BCUT2D eigenvalue weighted by atomic mass is 35.5. The lowest BCUT2D eigenvalue weighted by molar-refractivity contribution is 0.0509. The summed E-state index contributed by atoms with van der Waals surface area (Å²) in [4.78, 5) is 13.0. The van der Waals surface area contributed by atoms with E-state index in [1.54, 1.807) is 12.1 Å². The largest absolute Gasteiger partial charge is 0.377 e. The normalized spacial score (nSPS) is 18.8. The van der Waals surface area contributed by atoms with E-state index in [1.807, 2.05) is 36.4 Å². The van der Waals surface area contributed by atoms with Crippen molar-refractivity contribution in [3.8, 4) is 0 Å². The van der Waals surface area contributed by atoms with E-state index in [0.717, 1.165) is 25.0 Å². The molecular weight excluding hydrogens is 331 g/mol. The van der Waals surface area contributed by atoms with Crippen LogP contribution in [0.3, 0.4) is 0 Å². The monoisotopic (exact) mass is 348 g/mol. The van der Waals surface area contributed by atoms with E-state index < -0.39 is 0 Å². The molecule has 0 bridgehead atoms. The van der Waals surface area contributed by atoms with Gasteiger partial charge in [-0.05, 0) is 49.1 Å². The number of carbonyl (C=O) groups excluding carboxylic acids is 1. The zero-order valence-corrected chi connectivity index (χ0v) is 14.2. The summed E-state index contributed by atoms with van der Waals surface area (Å²) in [7, 11) is 0. The van der Waals surface area contributed by atoms with E-state index in [1.165, 1.54) is 0 Å². The van der Waals surface area contributed by atoms with Crippen LogP contribution in [-0.2, 0) is 11.2 Å². The number of benzene rings is 2. The van der Waals surface area contributed by atoms with Crippen LogP contribution in [0, 0.1) is 5.92 Å². The van der Waals surface area contributed by atoms with Crippen molar-refractivity contribution in [1.29, 1.82) is 0 Å². The van der Waals surface area contributed by atoms with E-state index in [0.29, 0.717) is 22.0 Å². The summed E-state index contributed by atoms with van der Waals surface area (Å²) in [6, 6.07) is 14.8. The average molecular weight is 349 g/mol. The molecule has 1 aliphatic heterocycles. The molecular formula is C19H18Cl2O2. The van der Waals surface area contributed by atoms with Gasteiger partial charge in [0.15, 0.2) is 5.78 Å². The number of ketones is 1. The Kier molecular flexibility index (Phi) is 5.37. The first-order valence-electron chi connectivity index (χ1n) is 7.79. The van der Waals surface area contributed by atoms with Crippen molar-refractivity contribution in [2.24, 2.45) is 5.92 Å². The summed E-state index contributed by atoms with van der Waals surface area (Å²) in [6.45, 7) is 0.727. The maximum absolute atomic E-state index is 13.0. The lowest BCUT2D eigenvalue weighted by Crippen LogP contribution is -2.30. The molecule has 0 unspecified atom stereocenters. The van der Waals surface area contributed by atoms with Crippen LogP contribution in [0.15, 0.2) is 48.5 Å². The fourth-order valence-electron chi connectivity index (χ4n) is 3.04. The average Bonchev–Trinajstić information content (AvgIpc) is 3.08. The highest BCUT2D eigenvalue weighted by Gasteiger charge is 2.32. The van der Waals surface area contributed by atoms with Crippen molar-refractivity contribution in [2.45, 2.75) is 25.4 Å². The summed E-state index contributed by atoms with van der Waals surface area (Å²) in [5, 5.41) is 1.28. The number of ether oxygens (including phenoxy) is 1. The molecule has 2 atom stereocenters. The molecule has 2 nitrogen and oxygen atoms in total. The number of hydrogen-bond donors (Lipinski definition) is 0. The molecule has 0 N–H and O–H groups in total. The zero-order chi connectivity index (χ0) is 16.2. The van der Waals surface area contributed by atoms with Crippen LogP contribution in [0.2, 0.25) is 10.0 Å². The molecule has 0 aliphatic carbocycles. The number of Topliss-reactive ketones (excluding diaryl/α,β-unsaturated/α-hetero) is 1. The second-order valence-electron chi connectivity index (χ2n) is 5.86.